The largest absolute Gasteiger partial charge is 0.321 e. The van der Waals surface area contributed by atoms with E-state index in [1.165, 1.54) is 21.7 Å². The van der Waals surface area contributed by atoms with E-state index < -0.39 is 0 Å². The van der Waals surface area contributed by atoms with Crippen LogP contribution in [0.5, 0.6) is 0 Å². The van der Waals surface area contributed by atoms with Crippen LogP contribution in [0.4, 0.5) is 10.8 Å². The fourth-order valence-electron chi connectivity index (χ4n) is 2.03. The minimum atomic E-state index is 0.346. The molecule has 1 unspecified atom stereocenters. The van der Waals surface area contributed by atoms with Crippen molar-refractivity contribution >= 4 is 22.2 Å². The lowest BCUT2D eigenvalue weighted by molar-refractivity contribution is 0.662. The van der Waals surface area contributed by atoms with Crippen LogP contribution in [0.1, 0.15) is 29.0 Å². The maximum atomic E-state index is 4.53. The predicted octanol–water partition coefficient (Wildman–Crippen LogP) is 3.81. The first-order valence-corrected chi connectivity index (χ1v) is 7.28. The Morgan fingerprint density at radius 1 is 1.21 bits per heavy atom. The Balaban J connectivity index is 2.28. The molecule has 2 aromatic rings. The van der Waals surface area contributed by atoms with Crippen molar-refractivity contribution in [1.29, 1.82) is 0 Å². The summed E-state index contributed by atoms with van der Waals surface area (Å²) in [4.78, 5) is 7.93. The van der Waals surface area contributed by atoms with Gasteiger partial charge in [0.1, 0.15) is 0 Å². The molecule has 0 aliphatic carbocycles. The lowest BCUT2D eigenvalue weighted by Gasteiger charge is -2.17. The van der Waals surface area contributed by atoms with E-state index in [1.807, 2.05) is 13.2 Å². The van der Waals surface area contributed by atoms with Gasteiger partial charge in [-0.3, -0.25) is 0 Å². The number of nitrogens with zero attached hydrogens (tertiary/aromatic N) is 2. The third kappa shape index (κ3) is 3.14. The van der Waals surface area contributed by atoms with E-state index in [4.69, 9.17) is 0 Å². The standard InChI is InChI=1S/C15H21N3S/c1-10-6-11(2)8-13(7-10)18(5)15-17-9-14(19-15)12(3)16-4/h6-9,12,16H,1-5H3. The van der Waals surface area contributed by atoms with Crippen LogP contribution in [-0.2, 0) is 0 Å². The molecular weight excluding hydrogens is 254 g/mol. The first-order chi connectivity index (χ1) is 9.01. The van der Waals surface area contributed by atoms with Gasteiger partial charge in [-0.2, -0.15) is 0 Å². The van der Waals surface area contributed by atoms with Crippen molar-refractivity contribution in [3.63, 3.8) is 0 Å². The number of hydrogen-bond acceptors (Lipinski definition) is 4. The maximum absolute atomic E-state index is 4.53. The van der Waals surface area contributed by atoms with E-state index in [-0.39, 0.29) is 0 Å². The molecule has 0 amide bonds. The first-order valence-electron chi connectivity index (χ1n) is 6.46. The molecule has 19 heavy (non-hydrogen) atoms. The van der Waals surface area contributed by atoms with Gasteiger partial charge < -0.3 is 10.2 Å². The number of hydrogen-bond donors (Lipinski definition) is 1. The van der Waals surface area contributed by atoms with Gasteiger partial charge in [0.25, 0.3) is 0 Å². The van der Waals surface area contributed by atoms with Crippen LogP contribution in [-0.4, -0.2) is 19.1 Å². The van der Waals surface area contributed by atoms with Crippen molar-refractivity contribution in [3.8, 4) is 0 Å². The fraction of sp³-hybridized carbons (Fsp3) is 0.400. The van der Waals surface area contributed by atoms with Crippen molar-refractivity contribution in [3.05, 3.63) is 40.4 Å². The molecule has 0 aliphatic heterocycles. The molecular formula is C15H21N3S. The monoisotopic (exact) mass is 275 g/mol. The van der Waals surface area contributed by atoms with Gasteiger partial charge in [-0.25, -0.2) is 4.98 Å². The van der Waals surface area contributed by atoms with E-state index in [2.05, 4.69) is 61.2 Å². The maximum Gasteiger partial charge on any atom is 0.189 e. The summed E-state index contributed by atoms with van der Waals surface area (Å²) in [6.45, 7) is 6.40. The van der Waals surface area contributed by atoms with Crippen molar-refractivity contribution in [1.82, 2.24) is 10.3 Å². The Morgan fingerprint density at radius 2 is 1.84 bits per heavy atom. The number of anilines is 2. The summed E-state index contributed by atoms with van der Waals surface area (Å²) in [5.41, 5.74) is 3.75. The Morgan fingerprint density at radius 3 is 2.42 bits per heavy atom. The average Bonchev–Trinajstić information content (AvgIpc) is 2.85. The highest BCUT2D eigenvalue weighted by atomic mass is 32.1. The topological polar surface area (TPSA) is 28.2 Å². The van der Waals surface area contributed by atoms with Gasteiger partial charge in [-0.05, 0) is 51.1 Å². The molecule has 0 saturated carbocycles. The van der Waals surface area contributed by atoms with Gasteiger partial charge in [-0.1, -0.05) is 17.4 Å². The normalized spacial score (nSPS) is 12.5. The highest BCUT2D eigenvalue weighted by Crippen LogP contribution is 2.31. The molecule has 0 radical (unpaired) electrons. The lowest BCUT2D eigenvalue weighted by atomic mass is 10.1. The summed E-state index contributed by atoms with van der Waals surface area (Å²) in [5.74, 6) is 0. The Hall–Kier alpha value is -1.39. The average molecular weight is 275 g/mol. The Bertz CT molecular complexity index is 542. The van der Waals surface area contributed by atoms with Crippen molar-refractivity contribution < 1.29 is 0 Å². The zero-order valence-electron chi connectivity index (χ0n) is 12.2. The smallest absolute Gasteiger partial charge is 0.189 e. The number of aromatic nitrogens is 1. The summed E-state index contributed by atoms with van der Waals surface area (Å²) in [6.07, 6.45) is 1.96. The van der Waals surface area contributed by atoms with Crippen molar-refractivity contribution in [2.24, 2.45) is 0 Å². The lowest BCUT2D eigenvalue weighted by Crippen LogP contribution is -2.10. The molecule has 102 valence electrons. The van der Waals surface area contributed by atoms with Crippen LogP contribution in [0, 0.1) is 13.8 Å². The number of aryl methyl sites for hydroxylation is 2. The molecule has 0 aliphatic rings. The predicted molar refractivity (Wildman–Crippen MR) is 83.6 cm³/mol. The molecule has 1 N–H and O–H groups in total. The summed E-state index contributed by atoms with van der Waals surface area (Å²) in [6, 6.07) is 6.91. The molecule has 0 saturated heterocycles. The van der Waals surface area contributed by atoms with E-state index in [1.54, 1.807) is 11.3 Å². The van der Waals surface area contributed by atoms with E-state index in [9.17, 15) is 0 Å². The van der Waals surface area contributed by atoms with Crippen LogP contribution < -0.4 is 10.2 Å². The van der Waals surface area contributed by atoms with E-state index in [0.29, 0.717) is 6.04 Å². The molecule has 0 bridgehead atoms. The molecule has 1 aromatic carbocycles. The second-order valence-corrected chi connectivity index (χ2v) is 6.00. The van der Waals surface area contributed by atoms with Crippen LogP contribution >= 0.6 is 11.3 Å². The SMILES string of the molecule is CNC(C)c1cnc(N(C)c2cc(C)cc(C)c2)s1. The molecule has 1 heterocycles. The van der Waals surface area contributed by atoms with Crippen LogP contribution in [0.25, 0.3) is 0 Å². The van der Waals surface area contributed by atoms with Crippen LogP contribution in [0.15, 0.2) is 24.4 Å². The summed E-state index contributed by atoms with van der Waals surface area (Å²) >= 11 is 1.73. The van der Waals surface area contributed by atoms with Crippen molar-refractivity contribution in [2.45, 2.75) is 26.8 Å². The van der Waals surface area contributed by atoms with Gasteiger partial charge in [0, 0.05) is 29.9 Å². The number of rotatable bonds is 4. The number of benzene rings is 1. The van der Waals surface area contributed by atoms with Crippen molar-refractivity contribution in [2.75, 3.05) is 19.0 Å². The molecule has 1 aromatic heterocycles. The van der Waals surface area contributed by atoms with Gasteiger partial charge in [-0.15, -0.1) is 0 Å². The summed E-state index contributed by atoms with van der Waals surface area (Å²) < 4.78 is 0. The molecule has 1 atom stereocenters. The zero-order valence-corrected chi connectivity index (χ0v) is 13.0. The molecule has 0 fully saturated rings. The third-order valence-corrected chi connectivity index (χ3v) is 4.51. The molecule has 0 spiro atoms. The highest BCUT2D eigenvalue weighted by molar-refractivity contribution is 7.15. The Kier molecular flexibility index (Phi) is 4.22. The number of nitrogens with one attached hydrogen (secondary N) is 1. The Labute approximate surface area is 119 Å². The van der Waals surface area contributed by atoms with Gasteiger partial charge in [0.05, 0.1) is 0 Å². The van der Waals surface area contributed by atoms with E-state index in [0.717, 1.165) is 5.13 Å². The van der Waals surface area contributed by atoms with Crippen LogP contribution in [0.3, 0.4) is 0 Å². The summed E-state index contributed by atoms with van der Waals surface area (Å²) in [5, 5.41) is 4.27. The van der Waals surface area contributed by atoms with Gasteiger partial charge in [0.15, 0.2) is 5.13 Å². The second-order valence-electron chi connectivity index (χ2n) is 4.96. The molecule has 2 rings (SSSR count). The third-order valence-electron chi connectivity index (χ3n) is 3.25. The first kappa shape index (κ1) is 14.0. The fourth-order valence-corrected chi connectivity index (χ4v) is 2.99. The van der Waals surface area contributed by atoms with Crippen LogP contribution in [0.2, 0.25) is 0 Å². The highest BCUT2D eigenvalue weighted by Gasteiger charge is 2.12. The molecule has 4 heteroatoms. The van der Waals surface area contributed by atoms with E-state index >= 15 is 0 Å². The molecule has 3 nitrogen and oxygen atoms in total. The van der Waals surface area contributed by atoms with Gasteiger partial charge in [0.2, 0.25) is 0 Å². The minimum absolute atomic E-state index is 0.346. The zero-order chi connectivity index (χ0) is 14.0. The summed E-state index contributed by atoms with van der Waals surface area (Å²) in [7, 11) is 4.04. The van der Waals surface area contributed by atoms with Gasteiger partial charge >= 0.3 is 0 Å². The number of thiazole rings is 1. The second kappa shape index (κ2) is 5.72. The minimum Gasteiger partial charge on any atom is -0.321 e. The quantitative estimate of drug-likeness (QED) is 0.919.